The van der Waals surface area contributed by atoms with Crippen LogP contribution in [0.25, 0.3) is 0 Å². The molecule has 3 aliphatic rings. The van der Waals surface area contributed by atoms with Crippen LogP contribution in [-0.2, 0) is 9.84 Å². The number of sulfone groups is 1. The lowest BCUT2D eigenvalue weighted by molar-refractivity contribution is 0.0855. The van der Waals surface area contributed by atoms with E-state index in [2.05, 4.69) is 19.2 Å². The third-order valence-corrected chi connectivity index (χ3v) is 7.84. The van der Waals surface area contributed by atoms with Gasteiger partial charge in [0.15, 0.2) is 9.84 Å². The molecule has 1 N–H and O–H groups in total. The molecule has 0 aromatic rings. The van der Waals surface area contributed by atoms with Crippen molar-refractivity contribution in [2.45, 2.75) is 46.0 Å². The number of hydrogen-bond donors (Lipinski definition) is 1. The fraction of sp³-hybridized carbons (Fsp3) is 1.00. The topological polar surface area (TPSA) is 46.2 Å². The number of fused-ring (bicyclic) bond motifs is 2. The molecule has 0 radical (unpaired) electrons. The highest BCUT2D eigenvalue weighted by Gasteiger charge is 2.56. The molecule has 4 heteroatoms. The van der Waals surface area contributed by atoms with Gasteiger partial charge in [-0.15, -0.1) is 0 Å². The Hall–Kier alpha value is -0.0900. The quantitative estimate of drug-likeness (QED) is 0.848. The molecule has 4 atom stereocenters. The summed E-state index contributed by atoms with van der Waals surface area (Å²) in [5, 5.41) is 3.66. The highest BCUT2D eigenvalue weighted by molar-refractivity contribution is 7.91. The minimum absolute atomic E-state index is 0.293. The third kappa shape index (κ3) is 2.66. The largest absolute Gasteiger partial charge is 0.316 e. The average Bonchev–Trinajstić information content (AvgIpc) is 3.02. The van der Waals surface area contributed by atoms with Gasteiger partial charge in [-0.3, -0.25) is 0 Å². The summed E-state index contributed by atoms with van der Waals surface area (Å²) in [4.78, 5) is 0. The van der Waals surface area contributed by atoms with Crippen LogP contribution < -0.4 is 5.32 Å². The molecule has 3 fully saturated rings. The summed E-state index contributed by atoms with van der Waals surface area (Å²) >= 11 is 0. The molecule has 3 rings (SSSR count). The van der Waals surface area contributed by atoms with E-state index in [1.54, 1.807) is 0 Å². The smallest absolute Gasteiger partial charge is 0.150 e. The molecule has 1 aliphatic heterocycles. The summed E-state index contributed by atoms with van der Waals surface area (Å²) in [7, 11) is -2.76. The van der Waals surface area contributed by atoms with Crippen molar-refractivity contribution in [2.24, 2.45) is 29.1 Å². The van der Waals surface area contributed by atoms with Gasteiger partial charge in [-0.1, -0.05) is 20.3 Å². The molecule has 116 valence electrons. The van der Waals surface area contributed by atoms with Crippen molar-refractivity contribution in [3.05, 3.63) is 0 Å². The zero-order chi connectivity index (χ0) is 14.4. The fourth-order valence-electron chi connectivity index (χ4n) is 5.19. The van der Waals surface area contributed by atoms with Gasteiger partial charge in [0.1, 0.15) is 0 Å². The Balaban J connectivity index is 1.74. The molecule has 2 aliphatic carbocycles. The average molecular weight is 299 g/mol. The van der Waals surface area contributed by atoms with E-state index in [9.17, 15) is 8.42 Å². The van der Waals surface area contributed by atoms with E-state index >= 15 is 0 Å². The third-order valence-electron chi connectivity index (χ3n) is 6.08. The Morgan fingerprint density at radius 3 is 2.50 bits per heavy atom. The van der Waals surface area contributed by atoms with E-state index < -0.39 is 9.84 Å². The monoisotopic (exact) mass is 299 g/mol. The number of nitrogens with one attached hydrogen (secondary N) is 1. The van der Waals surface area contributed by atoms with E-state index in [-0.39, 0.29) is 0 Å². The van der Waals surface area contributed by atoms with Crippen LogP contribution >= 0.6 is 0 Å². The van der Waals surface area contributed by atoms with Gasteiger partial charge in [0.25, 0.3) is 0 Å². The standard InChI is InChI=1S/C16H29NO2S/c1-12(2)9-17-11-16(8-13-3-4-14(16)7-13)15-5-6-20(18,19)10-15/h12-15,17H,3-11H2,1-2H3. The minimum Gasteiger partial charge on any atom is -0.316 e. The van der Waals surface area contributed by atoms with Crippen molar-refractivity contribution in [2.75, 3.05) is 24.6 Å². The lowest BCUT2D eigenvalue weighted by atomic mass is 9.64. The van der Waals surface area contributed by atoms with Gasteiger partial charge < -0.3 is 5.32 Å². The molecular formula is C16H29NO2S. The first-order valence-electron chi connectivity index (χ1n) is 8.32. The van der Waals surface area contributed by atoms with Crippen LogP contribution in [0.1, 0.15) is 46.0 Å². The Labute approximate surface area is 123 Å². The van der Waals surface area contributed by atoms with E-state index in [4.69, 9.17) is 0 Å². The van der Waals surface area contributed by atoms with Gasteiger partial charge in [-0.2, -0.15) is 0 Å². The van der Waals surface area contributed by atoms with Gasteiger partial charge >= 0.3 is 0 Å². The van der Waals surface area contributed by atoms with Crippen LogP contribution in [0, 0.1) is 29.1 Å². The second kappa shape index (κ2) is 5.28. The molecule has 0 aromatic heterocycles. The van der Waals surface area contributed by atoms with Crippen LogP contribution in [0.3, 0.4) is 0 Å². The first kappa shape index (κ1) is 14.8. The Kier molecular flexibility index (Phi) is 3.91. The Morgan fingerprint density at radius 1 is 1.20 bits per heavy atom. The second-order valence-electron chi connectivity index (χ2n) is 7.94. The first-order chi connectivity index (χ1) is 9.41. The van der Waals surface area contributed by atoms with Crippen molar-refractivity contribution in [3.8, 4) is 0 Å². The number of hydrogen-bond acceptors (Lipinski definition) is 3. The van der Waals surface area contributed by atoms with Crippen LogP contribution in [0.15, 0.2) is 0 Å². The maximum atomic E-state index is 11.9. The van der Waals surface area contributed by atoms with Crippen molar-refractivity contribution in [1.82, 2.24) is 5.32 Å². The summed E-state index contributed by atoms with van der Waals surface area (Å²) in [6.07, 6.45) is 6.28. The van der Waals surface area contributed by atoms with Crippen LogP contribution in [-0.4, -0.2) is 33.0 Å². The van der Waals surface area contributed by atoms with E-state index in [0.29, 0.717) is 28.8 Å². The zero-order valence-corrected chi connectivity index (χ0v) is 13.7. The van der Waals surface area contributed by atoms with Crippen LogP contribution in [0.2, 0.25) is 0 Å². The van der Waals surface area contributed by atoms with Crippen molar-refractivity contribution in [1.29, 1.82) is 0 Å². The van der Waals surface area contributed by atoms with Gasteiger partial charge in [-0.25, -0.2) is 8.42 Å². The number of rotatable bonds is 5. The maximum Gasteiger partial charge on any atom is 0.150 e. The summed E-state index contributed by atoms with van der Waals surface area (Å²) in [5.41, 5.74) is 0.293. The predicted octanol–water partition coefficient (Wildman–Crippen LogP) is 2.47. The molecule has 0 spiro atoms. The van der Waals surface area contributed by atoms with Crippen LogP contribution in [0.4, 0.5) is 0 Å². The molecule has 20 heavy (non-hydrogen) atoms. The van der Waals surface area contributed by atoms with E-state index in [1.807, 2.05) is 0 Å². The van der Waals surface area contributed by atoms with Gasteiger partial charge in [0.2, 0.25) is 0 Å². The molecule has 0 amide bonds. The SMILES string of the molecule is CC(C)CNCC1(C2CCS(=O)(=O)C2)CC2CCC1C2. The fourth-order valence-corrected chi connectivity index (χ4v) is 7.11. The van der Waals surface area contributed by atoms with Crippen molar-refractivity contribution in [3.63, 3.8) is 0 Å². The summed E-state index contributed by atoms with van der Waals surface area (Å²) in [5.74, 6) is 3.63. The van der Waals surface area contributed by atoms with Crippen molar-refractivity contribution >= 4 is 9.84 Å². The first-order valence-corrected chi connectivity index (χ1v) is 10.1. The molecule has 1 heterocycles. The summed E-state index contributed by atoms with van der Waals surface area (Å²) < 4.78 is 23.8. The van der Waals surface area contributed by atoms with Crippen molar-refractivity contribution < 1.29 is 8.42 Å². The lowest BCUT2D eigenvalue weighted by Crippen LogP contribution is -2.45. The molecule has 1 saturated heterocycles. The lowest BCUT2D eigenvalue weighted by Gasteiger charge is -2.43. The predicted molar refractivity (Wildman–Crippen MR) is 82.3 cm³/mol. The van der Waals surface area contributed by atoms with E-state index in [0.717, 1.165) is 31.3 Å². The molecular weight excluding hydrogens is 270 g/mol. The normalized spacial score (nSPS) is 42.6. The Morgan fingerprint density at radius 2 is 2.00 bits per heavy atom. The minimum atomic E-state index is -2.76. The highest BCUT2D eigenvalue weighted by Crippen LogP contribution is 2.60. The zero-order valence-electron chi connectivity index (χ0n) is 12.9. The summed E-state index contributed by atoms with van der Waals surface area (Å²) in [6.45, 7) is 6.58. The van der Waals surface area contributed by atoms with Crippen LogP contribution in [0.5, 0.6) is 0 Å². The molecule has 2 bridgehead atoms. The highest BCUT2D eigenvalue weighted by atomic mass is 32.2. The second-order valence-corrected chi connectivity index (χ2v) is 10.2. The van der Waals surface area contributed by atoms with E-state index in [1.165, 1.54) is 25.7 Å². The summed E-state index contributed by atoms with van der Waals surface area (Å²) in [6, 6.07) is 0. The Bertz CT molecular complexity index is 459. The molecule has 3 nitrogen and oxygen atoms in total. The maximum absolute atomic E-state index is 11.9. The van der Waals surface area contributed by atoms with Gasteiger partial charge in [0.05, 0.1) is 11.5 Å². The molecule has 2 saturated carbocycles. The molecule has 0 aromatic carbocycles. The molecule has 4 unspecified atom stereocenters. The van der Waals surface area contributed by atoms with Gasteiger partial charge in [-0.05, 0) is 61.3 Å². The van der Waals surface area contributed by atoms with Gasteiger partial charge in [0, 0.05) is 6.54 Å².